The van der Waals surface area contributed by atoms with Crippen LogP contribution in [0.3, 0.4) is 0 Å². The second kappa shape index (κ2) is 8.11. The number of hydrogen-bond donors (Lipinski definition) is 1. The summed E-state index contributed by atoms with van der Waals surface area (Å²) in [7, 11) is 2.06. The van der Waals surface area contributed by atoms with Crippen LogP contribution in [0.4, 0.5) is 0 Å². The van der Waals surface area contributed by atoms with Crippen molar-refractivity contribution in [1.82, 2.24) is 5.32 Å². The van der Waals surface area contributed by atoms with Gasteiger partial charge in [0.25, 0.3) is 0 Å². The highest BCUT2D eigenvalue weighted by molar-refractivity contribution is 4.75. The van der Waals surface area contributed by atoms with E-state index in [1.54, 1.807) is 0 Å². The minimum Gasteiger partial charge on any atom is -0.319 e. The molecule has 1 aliphatic rings. The smallest absolute Gasteiger partial charge is 0.00262 e. The molecule has 1 N–H and O–H groups in total. The zero-order valence-electron chi connectivity index (χ0n) is 11.6. The van der Waals surface area contributed by atoms with E-state index in [9.17, 15) is 0 Å². The van der Waals surface area contributed by atoms with Gasteiger partial charge in [-0.15, -0.1) is 0 Å². The van der Waals surface area contributed by atoms with Crippen LogP contribution >= 0.6 is 0 Å². The summed E-state index contributed by atoms with van der Waals surface area (Å²) in [5.74, 6) is 2.96. The van der Waals surface area contributed by atoms with E-state index in [1.165, 1.54) is 57.9 Å². The van der Waals surface area contributed by atoms with E-state index in [1.807, 2.05) is 0 Å². The molecule has 0 spiro atoms. The van der Waals surface area contributed by atoms with Crippen LogP contribution < -0.4 is 5.32 Å². The lowest BCUT2D eigenvalue weighted by Gasteiger charge is -2.22. The largest absolute Gasteiger partial charge is 0.319 e. The first-order chi connectivity index (χ1) is 7.77. The van der Waals surface area contributed by atoms with Gasteiger partial charge < -0.3 is 5.32 Å². The fourth-order valence-electron chi connectivity index (χ4n) is 3.38. The third-order valence-electron chi connectivity index (χ3n) is 4.42. The van der Waals surface area contributed by atoms with Crippen molar-refractivity contribution in [2.45, 2.75) is 65.2 Å². The van der Waals surface area contributed by atoms with E-state index >= 15 is 0 Å². The zero-order valence-corrected chi connectivity index (χ0v) is 11.6. The van der Waals surface area contributed by atoms with Gasteiger partial charge in [0.2, 0.25) is 0 Å². The maximum atomic E-state index is 3.27. The van der Waals surface area contributed by atoms with Crippen molar-refractivity contribution >= 4 is 0 Å². The Bertz CT molecular complexity index is 161. The maximum absolute atomic E-state index is 3.27. The van der Waals surface area contributed by atoms with Gasteiger partial charge in [0, 0.05) is 0 Å². The highest BCUT2D eigenvalue weighted by Gasteiger charge is 2.23. The Kier molecular flexibility index (Phi) is 7.11. The average molecular weight is 225 g/mol. The van der Waals surface area contributed by atoms with Gasteiger partial charge in [-0.2, -0.15) is 0 Å². The van der Waals surface area contributed by atoms with Gasteiger partial charge in [-0.1, -0.05) is 58.8 Å². The van der Waals surface area contributed by atoms with Gasteiger partial charge in [-0.3, -0.25) is 0 Å². The molecule has 1 saturated carbocycles. The van der Waals surface area contributed by atoms with Crippen LogP contribution in [0.1, 0.15) is 65.2 Å². The Morgan fingerprint density at radius 3 is 2.44 bits per heavy atom. The minimum atomic E-state index is 0.853. The molecule has 0 aliphatic heterocycles. The summed E-state index contributed by atoms with van der Waals surface area (Å²) in [6.07, 6.45) is 11.8. The van der Waals surface area contributed by atoms with Gasteiger partial charge in [-0.25, -0.2) is 0 Å². The topological polar surface area (TPSA) is 12.0 Å². The van der Waals surface area contributed by atoms with E-state index < -0.39 is 0 Å². The quantitative estimate of drug-likeness (QED) is 0.652. The molecular weight excluding hydrogens is 194 g/mol. The van der Waals surface area contributed by atoms with Crippen molar-refractivity contribution in [3.8, 4) is 0 Å². The van der Waals surface area contributed by atoms with Gasteiger partial charge in [-0.05, 0) is 37.8 Å². The molecule has 0 heterocycles. The molecule has 16 heavy (non-hydrogen) atoms. The molecule has 1 heteroatoms. The third-order valence-corrected chi connectivity index (χ3v) is 4.42. The summed E-state index contributed by atoms with van der Waals surface area (Å²) < 4.78 is 0. The molecule has 0 amide bonds. The molecular formula is C15H31N. The number of hydrogen-bond acceptors (Lipinski definition) is 1. The van der Waals surface area contributed by atoms with Crippen LogP contribution in [0.25, 0.3) is 0 Å². The summed E-state index contributed by atoms with van der Waals surface area (Å²) in [5, 5.41) is 3.27. The van der Waals surface area contributed by atoms with Gasteiger partial charge in [0.05, 0.1) is 0 Å². The summed E-state index contributed by atoms with van der Waals surface area (Å²) in [6, 6.07) is 0. The predicted octanol–water partition coefficient (Wildman–Crippen LogP) is 4.23. The highest BCUT2D eigenvalue weighted by atomic mass is 14.8. The molecule has 1 fully saturated rings. The highest BCUT2D eigenvalue weighted by Crippen LogP contribution is 2.35. The summed E-state index contributed by atoms with van der Waals surface area (Å²) in [4.78, 5) is 0. The molecule has 0 aromatic rings. The molecule has 1 aliphatic carbocycles. The van der Waals surface area contributed by atoms with E-state index in [0.29, 0.717) is 0 Å². The fraction of sp³-hybridized carbons (Fsp3) is 1.00. The van der Waals surface area contributed by atoms with Crippen LogP contribution in [-0.2, 0) is 0 Å². The lowest BCUT2D eigenvalue weighted by Crippen LogP contribution is -2.17. The Hall–Kier alpha value is -0.0400. The lowest BCUT2D eigenvalue weighted by molar-refractivity contribution is 0.292. The molecule has 96 valence electrons. The first-order valence-corrected chi connectivity index (χ1v) is 7.42. The van der Waals surface area contributed by atoms with Crippen LogP contribution in [0.15, 0.2) is 0 Å². The van der Waals surface area contributed by atoms with Crippen LogP contribution in [-0.4, -0.2) is 13.6 Å². The van der Waals surface area contributed by atoms with E-state index in [2.05, 4.69) is 26.2 Å². The Morgan fingerprint density at radius 2 is 1.88 bits per heavy atom. The van der Waals surface area contributed by atoms with Crippen molar-refractivity contribution in [2.24, 2.45) is 17.8 Å². The molecule has 1 rings (SSSR count). The fourth-order valence-corrected chi connectivity index (χ4v) is 3.38. The first kappa shape index (κ1) is 14.0. The lowest BCUT2D eigenvalue weighted by atomic mass is 9.84. The molecule has 2 unspecified atom stereocenters. The Labute approximate surface area is 102 Å². The van der Waals surface area contributed by atoms with Crippen molar-refractivity contribution < 1.29 is 0 Å². The monoisotopic (exact) mass is 225 g/mol. The van der Waals surface area contributed by atoms with Crippen molar-refractivity contribution in [3.05, 3.63) is 0 Å². The molecule has 1 nitrogen and oxygen atoms in total. The van der Waals surface area contributed by atoms with Gasteiger partial charge in [0.1, 0.15) is 0 Å². The predicted molar refractivity (Wildman–Crippen MR) is 72.7 cm³/mol. The van der Waals surface area contributed by atoms with Crippen LogP contribution in [0.2, 0.25) is 0 Å². The van der Waals surface area contributed by atoms with E-state index in [-0.39, 0.29) is 0 Å². The van der Waals surface area contributed by atoms with Crippen LogP contribution in [0.5, 0.6) is 0 Å². The normalized spacial score (nSPS) is 21.2. The van der Waals surface area contributed by atoms with Crippen molar-refractivity contribution in [2.75, 3.05) is 13.6 Å². The van der Waals surface area contributed by atoms with Gasteiger partial charge in [0.15, 0.2) is 0 Å². The van der Waals surface area contributed by atoms with Gasteiger partial charge >= 0.3 is 0 Å². The minimum absolute atomic E-state index is 0.853. The molecule has 0 radical (unpaired) electrons. The summed E-state index contributed by atoms with van der Waals surface area (Å²) in [5.41, 5.74) is 0. The Morgan fingerprint density at radius 1 is 1.19 bits per heavy atom. The summed E-state index contributed by atoms with van der Waals surface area (Å²) in [6.45, 7) is 5.94. The number of nitrogens with one attached hydrogen (secondary N) is 1. The third kappa shape index (κ3) is 4.86. The molecule has 0 aromatic heterocycles. The van der Waals surface area contributed by atoms with Crippen LogP contribution in [0, 0.1) is 17.8 Å². The van der Waals surface area contributed by atoms with E-state index in [0.717, 1.165) is 17.8 Å². The molecule has 0 bridgehead atoms. The van der Waals surface area contributed by atoms with E-state index in [4.69, 9.17) is 0 Å². The summed E-state index contributed by atoms with van der Waals surface area (Å²) >= 11 is 0. The average Bonchev–Trinajstić information content (AvgIpc) is 2.78. The zero-order chi connectivity index (χ0) is 11.8. The maximum Gasteiger partial charge on any atom is -0.00262 e. The van der Waals surface area contributed by atoms with Crippen molar-refractivity contribution in [3.63, 3.8) is 0 Å². The SMILES string of the molecule is CCC(CCCC(C)CNC)C1CCCC1. The molecule has 0 aromatic carbocycles. The van der Waals surface area contributed by atoms with Crippen molar-refractivity contribution in [1.29, 1.82) is 0 Å². The second-order valence-electron chi connectivity index (χ2n) is 5.81. The number of rotatable bonds is 8. The molecule has 0 saturated heterocycles. The molecule has 2 atom stereocenters. The first-order valence-electron chi connectivity index (χ1n) is 7.42. The Balaban J connectivity index is 2.13. The standard InChI is InChI=1S/C15H31N/c1-4-14(15-9-5-6-10-15)11-7-8-13(2)12-16-3/h13-16H,4-12H2,1-3H3. The second-order valence-corrected chi connectivity index (χ2v) is 5.81.